The molecule has 1 heterocycles. The monoisotopic (exact) mass is 358 g/mol. The number of carbonyl (C=O) groups is 3. The Morgan fingerprint density at radius 3 is 2.26 bits per heavy atom. The van der Waals surface area contributed by atoms with E-state index in [1.165, 1.54) is 16.7 Å². The van der Waals surface area contributed by atoms with E-state index in [2.05, 4.69) is 0 Å². The van der Waals surface area contributed by atoms with Gasteiger partial charge in [0, 0.05) is 35.9 Å². The van der Waals surface area contributed by atoms with E-state index in [9.17, 15) is 14.4 Å². The molecular weight excluding hydrogens is 340 g/mol. The highest BCUT2D eigenvalue weighted by Crippen LogP contribution is 2.37. The first-order valence-corrected chi connectivity index (χ1v) is 8.65. The van der Waals surface area contributed by atoms with E-state index in [0.717, 1.165) is 5.56 Å². The van der Waals surface area contributed by atoms with Gasteiger partial charge in [0.15, 0.2) is 0 Å². The molecular formula is C22H18N2O3. The summed E-state index contributed by atoms with van der Waals surface area (Å²) in [5.41, 5.74) is 3.12. The average Bonchev–Trinajstić information content (AvgIpc) is 2.65. The summed E-state index contributed by atoms with van der Waals surface area (Å²) < 4.78 is 0. The highest BCUT2D eigenvalue weighted by molar-refractivity contribution is 6.36. The standard InChI is InChI=1S/C22H18N2O3/c1-13-6-4-7-15(12-13)24-21(26)17-9-5-8-16-19(23(3)14(2)25)11-10-18(20(16)17)22(24)27/h4-12H,1-3H3. The topological polar surface area (TPSA) is 57.7 Å². The summed E-state index contributed by atoms with van der Waals surface area (Å²) in [4.78, 5) is 40.9. The van der Waals surface area contributed by atoms with Crippen LogP contribution in [0.1, 0.15) is 33.2 Å². The molecule has 0 atom stereocenters. The fraction of sp³-hybridized carbons (Fsp3) is 0.136. The van der Waals surface area contributed by atoms with Gasteiger partial charge in [0.1, 0.15) is 0 Å². The first-order valence-electron chi connectivity index (χ1n) is 8.65. The Morgan fingerprint density at radius 2 is 1.59 bits per heavy atom. The number of amides is 3. The van der Waals surface area contributed by atoms with E-state index in [1.54, 1.807) is 37.4 Å². The van der Waals surface area contributed by atoms with E-state index in [4.69, 9.17) is 0 Å². The van der Waals surface area contributed by atoms with Crippen molar-refractivity contribution in [2.24, 2.45) is 0 Å². The minimum absolute atomic E-state index is 0.120. The lowest BCUT2D eigenvalue weighted by Crippen LogP contribution is -2.40. The molecule has 0 fully saturated rings. The van der Waals surface area contributed by atoms with Crippen LogP contribution in [-0.4, -0.2) is 24.8 Å². The molecule has 0 spiro atoms. The highest BCUT2D eigenvalue weighted by Gasteiger charge is 2.34. The fourth-order valence-corrected chi connectivity index (χ4v) is 3.54. The van der Waals surface area contributed by atoms with Crippen molar-refractivity contribution >= 4 is 39.9 Å². The second-order valence-corrected chi connectivity index (χ2v) is 6.72. The van der Waals surface area contributed by atoms with Crippen molar-refractivity contribution in [3.8, 4) is 0 Å². The van der Waals surface area contributed by atoms with Crippen molar-refractivity contribution in [3.63, 3.8) is 0 Å². The lowest BCUT2D eigenvalue weighted by molar-refractivity contribution is -0.116. The largest absolute Gasteiger partial charge is 0.315 e. The van der Waals surface area contributed by atoms with Gasteiger partial charge in [-0.25, -0.2) is 4.90 Å². The molecule has 5 nitrogen and oxygen atoms in total. The maximum atomic E-state index is 13.2. The van der Waals surface area contributed by atoms with Crippen molar-refractivity contribution in [3.05, 3.63) is 71.3 Å². The molecule has 1 aliphatic heterocycles. The van der Waals surface area contributed by atoms with Crippen molar-refractivity contribution in [1.82, 2.24) is 0 Å². The van der Waals surface area contributed by atoms with Crippen LogP contribution in [0.4, 0.5) is 11.4 Å². The average molecular weight is 358 g/mol. The van der Waals surface area contributed by atoms with Gasteiger partial charge in [-0.05, 0) is 42.8 Å². The Bertz CT molecular complexity index is 1110. The first-order chi connectivity index (χ1) is 12.9. The molecule has 4 rings (SSSR count). The van der Waals surface area contributed by atoms with E-state index >= 15 is 0 Å². The molecule has 0 saturated carbocycles. The zero-order valence-electron chi connectivity index (χ0n) is 15.3. The van der Waals surface area contributed by atoms with Gasteiger partial charge in [-0.3, -0.25) is 14.4 Å². The van der Waals surface area contributed by atoms with Crippen molar-refractivity contribution in [1.29, 1.82) is 0 Å². The Morgan fingerprint density at radius 1 is 0.926 bits per heavy atom. The van der Waals surface area contributed by atoms with Crippen LogP contribution in [-0.2, 0) is 4.79 Å². The smallest absolute Gasteiger partial charge is 0.265 e. The summed E-state index contributed by atoms with van der Waals surface area (Å²) >= 11 is 0. The zero-order chi connectivity index (χ0) is 19.3. The summed E-state index contributed by atoms with van der Waals surface area (Å²) in [6.07, 6.45) is 0. The third kappa shape index (κ3) is 2.51. The summed E-state index contributed by atoms with van der Waals surface area (Å²) in [5, 5.41) is 1.32. The molecule has 0 N–H and O–H groups in total. The van der Waals surface area contributed by atoms with Gasteiger partial charge in [-0.1, -0.05) is 24.3 Å². The van der Waals surface area contributed by atoms with Crippen molar-refractivity contribution < 1.29 is 14.4 Å². The summed E-state index contributed by atoms with van der Waals surface area (Å²) in [7, 11) is 1.68. The van der Waals surface area contributed by atoms with Crippen LogP contribution in [0, 0.1) is 6.92 Å². The first kappa shape index (κ1) is 17.0. The quantitative estimate of drug-likeness (QED) is 0.652. The summed E-state index contributed by atoms with van der Waals surface area (Å²) in [5.74, 6) is -0.830. The highest BCUT2D eigenvalue weighted by atomic mass is 16.2. The lowest BCUT2D eigenvalue weighted by Gasteiger charge is -2.29. The van der Waals surface area contributed by atoms with E-state index in [1.807, 2.05) is 31.2 Å². The Hall–Kier alpha value is -3.47. The minimum atomic E-state index is -0.355. The number of aryl methyl sites for hydroxylation is 1. The van der Waals surface area contributed by atoms with Gasteiger partial charge < -0.3 is 4.90 Å². The molecule has 134 valence electrons. The summed E-state index contributed by atoms with van der Waals surface area (Å²) in [6.45, 7) is 3.40. The van der Waals surface area contributed by atoms with Crippen molar-refractivity contribution in [2.45, 2.75) is 13.8 Å². The predicted molar refractivity (Wildman–Crippen MR) is 105 cm³/mol. The maximum absolute atomic E-state index is 13.2. The normalized spacial score (nSPS) is 13.2. The zero-order valence-corrected chi connectivity index (χ0v) is 15.3. The van der Waals surface area contributed by atoms with Gasteiger partial charge in [0.25, 0.3) is 11.8 Å². The number of benzene rings is 3. The molecule has 5 heteroatoms. The second kappa shape index (κ2) is 6.06. The van der Waals surface area contributed by atoms with E-state index < -0.39 is 0 Å². The third-order valence-corrected chi connectivity index (χ3v) is 4.98. The molecule has 0 aliphatic carbocycles. The lowest BCUT2D eigenvalue weighted by atomic mass is 9.92. The molecule has 0 bridgehead atoms. The number of nitrogens with zero attached hydrogens (tertiary/aromatic N) is 2. The van der Waals surface area contributed by atoms with Crippen LogP contribution in [0.5, 0.6) is 0 Å². The van der Waals surface area contributed by atoms with E-state index in [0.29, 0.717) is 33.3 Å². The van der Waals surface area contributed by atoms with Crippen LogP contribution in [0.3, 0.4) is 0 Å². The third-order valence-electron chi connectivity index (χ3n) is 4.98. The van der Waals surface area contributed by atoms with Gasteiger partial charge in [-0.2, -0.15) is 0 Å². The van der Waals surface area contributed by atoms with Gasteiger partial charge in [0.05, 0.1) is 11.4 Å². The van der Waals surface area contributed by atoms with Crippen molar-refractivity contribution in [2.75, 3.05) is 16.8 Å². The maximum Gasteiger partial charge on any atom is 0.265 e. The van der Waals surface area contributed by atoms with Crippen LogP contribution >= 0.6 is 0 Å². The van der Waals surface area contributed by atoms with Gasteiger partial charge >= 0.3 is 0 Å². The predicted octanol–water partition coefficient (Wildman–Crippen LogP) is 3.93. The number of imide groups is 1. The Kier molecular flexibility index (Phi) is 3.81. The number of carbonyl (C=O) groups excluding carboxylic acids is 3. The molecule has 27 heavy (non-hydrogen) atoms. The molecule has 0 unspecified atom stereocenters. The van der Waals surface area contributed by atoms with Crippen LogP contribution in [0.2, 0.25) is 0 Å². The van der Waals surface area contributed by atoms with Crippen LogP contribution in [0.15, 0.2) is 54.6 Å². The molecule has 3 aromatic rings. The molecule has 3 amide bonds. The number of rotatable bonds is 2. The Balaban J connectivity index is 1.97. The number of anilines is 2. The molecule has 0 radical (unpaired) electrons. The van der Waals surface area contributed by atoms with Crippen LogP contribution in [0.25, 0.3) is 10.8 Å². The minimum Gasteiger partial charge on any atom is -0.315 e. The molecule has 3 aromatic carbocycles. The van der Waals surface area contributed by atoms with E-state index in [-0.39, 0.29) is 17.7 Å². The fourth-order valence-electron chi connectivity index (χ4n) is 3.54. The molecule has 0 aromatic heterocycles. The second-order valence-electron chi connectivity index (χ2n) is 6.72. The summed E-state index contributed by atoms with van der Waals surface area (Å²) in [6, 6.07) is 16.1. The van der Waals surface area contributed by atoms with Gasteiger partial charge in [-0.15, -0.1) is 0 Å². The molecule has 0 saturated heterocycles. The van der Waals surface area contributed by atoms with Crippen LogP contribution < -0.4 is 9.80 Å². The molecule has 1 aliphatic rings. The number of hydrogen-bond donors (Lipinski definition) is 0. The Labute approximate surface area is 156 Å². The van der Waals surface area contributed by atoms with Gasteiger partial charge in [0.2, 0.25) is 5.91 Å². The number of hydrogen-bond acceptors (Lipinski definition) is 3. The SMILES string of the molecule is CC(=O)N(C)c1ccc2c3c(cccc13)C(=O)N(c1cccc(C)c1)C2=O.